The Morgan fingerprint density at radius 3 is 2.95 bits per heavy atom. The summed E-state index contributed by atoms with van der Waals surface area (Å²) in [7, 11) is 0. The van der Waals surface area contributed by atoms with Crippen molar-refractivity contribution in [1.29, 1.82) is 0 Å². The molecule has 6 heteroatoms. The fraction of sp³-hybridized carbons (Fsp3) is 0.500. The molecule has 3 rings (SSSR count). The van der Waals surface area contributed by atoms with E-state index in [2.05, 4.69) is 33.0 Å². The van der Waals surface area contributed by atoms with Gasteiger partial charge in [-0.3, -0.25) is 14.6 Å². The van der Waals surface area contributed by atoms with Gasteiger partial charge in [0.25, 0.3) is 5.91 Å². The van der Waals surface area contributed by atoms with Gasteiger partial charge < -0.3 is 4.90 Å². The SMILES string of the molecule is Cc1cc(C)n(C2CCCN(C(=O)c3ccn[nH]3)C2)n1. The molecular weight excluding hydrogens is 254 g/mol. The third-order valence-corrected chi connectivity index (χ3v) is 3.81. The fourth-order valence-electron chi connectivity index (χ4n) is 2.90. The summed E-state index contributed by atoms with van der Waals surface area (Å²) < 4.78 is 2.06. The Morgan fingerprint density at radius 2 is 2.30 bits per heavy atom. The van der Waals surface area contributed by atoms with Gasteiger partial charge >= 0.3 is 0 Å². The molecule has 2 aromatic rings. The van der Waals surface area contributed by atoms with E-state index in [-0.39, 0.29) is 11.9 Å². The quantitative estimate of drug-likeness (QED) is 0.905. The van der Waals surface area contributed by atoms with Crippen molar-refractivity contribution in [2.45, 2.75) is 32.7 Å². The zero-order valence-electron chi connectivity index (χ0n) is 11.8. The number of carbonyl (C=O) groups excluding carboxylic acids is 1. The van der Waals surface area contributed by atoms with Gasteiger partial charge in [-0.1, -0.05) is 0 Å². The van der Waals surface area contributed by atoms with Crippen LogP contribution in [0.25, 0.3) is 0 Å². The van der Waals surface area contributed by atoms with Gasteiger partial charge in [0.2, 0.25) is 0 Å². The van der Waals surface area contributed by atoms with Crippen LogP contribution in [0.2, 0.25) is 0 Å². The molecule has 20 heavy (non-hydrogen) atoms. The number of hydrogen-bond acceptors (Lipinski definition) is 3. The van der Waals surface area contributed by atoms with Crippen LogP contribution in [-0.4, -0.2) is 43.9 Å². The minimum atomic E-state index is 0.0220. The highest BCUT2D eigenvalue weighted by atomic mass is 16.2. The molecule has 0 spiro atoms. The number of rotatable bonds is 2. The van der Waals surface area contributed by atoms with Crippen molar-refractivity contribution < 1.29 is 4.79 Å². The van der Waals surface area contributed by atoms with Gasteiger partial charge in [-0.15, -0.1) is 0 Å². The topological polar surface area (TPSA) is 66.8 Å². The maximum atomic E-state index is 12.4. The summed E-state index contributed by atoms with van der Waals surface area (Å²) in [6.07, 6.45) is 3.67. The molecule has 1 unspecified atom stereocenters. The summed E-state index contributed by atoms with van der Waals surface area (Å²) in [5, 5.41) is 11.1. The van der Waals surface area contributed by atoms with Gasteiger partial charge in [0.05, 0.1) is 11.7 Å². The monoisotopic (exact) mass is 273 g/mol. The molecule has 1 fully saturated rings. The smallest absolute Gasteiger partial charge is 0.271 e. The number of carbonyl (C=O) groups is 1. The maximum Gasteiger partial charge on any atom is 0.271 e. The molecule has 0 saturated carbocycles. The highest BCUT2D eigenvalue weighted by Crippen LogP contribution is 2.23. The van der Waals surface area contributed by atoms with E-state index >= 15 is 0 Å². The van der Waals surface area contributed by atoms with E-state index in [1.54, 1.807) is 12.3 Å². The lowest BCUT2D eigenvalue weighted by Gasteiger charge is -2.33. The van der Waals surface area contributed by atoms with Crippen molar-refractivity contribution in [3.63, 3.8) is 0 Å². The summed E-state index contributed by atoms with van der Waals surface area (Å²) in [5.41, 5.74) is 2.74. The predicted molar refractivity (Wildman–Crippen MR) is 74.5 cm³/mol. The molecule has 0 radical (unpaired) electrons. The van der Waals surface area contributed by atoms with E-state index in [1.165, 1.54) is 0 Å². The van der Waals surface area contributed by atoms with E-state index in [0.29, 0.717) is 12.2 Å². The van der Waals surface area contributed by atoms with Gasteiger partial charge in [-0.2, -0.15) is 10.2 Å². The van der Waals surface area contributed by atoms with Crippen molar-refractivity contribution in [2.75, 3.05) is 13.1 Å². The minimum absolute atomic E-state index is 0.0220. The number of H-pyrrole nitrogens is 1. The molecule has 0 aromatic carbocycles. The molecule has 6 nitrogen and oxygen atoms in total. The molecule has 1 N–H and O–H groups in total. The number of piperidine rings is 1. The van der Waals surface area contributed by atoms with E-state index < -0.39 is 0 Å². The van der Waals surface area contributed by atoms with Crippen molar-refractivity contribution >= 4 is 5.91 Å². The summed E-state index contributed by atoms with van der Waals surface area (Å²) in [5.74, 6) is 0.0220. The summed E-state index contributed by atoms with van der Waals surface area (Å²) in [6, 6.07) is 4.06. The third-order valence-electron chi connectivity index (χ3n) is 3.81. The Hall–Kier alpha value is -2.11. The van der Waals surface area contributed by atoms with Gasteiger partial charge in [0.15, 0.2) is 0 Å². The Morgan fingerprint density at radius 1 is 1.45 bits per heavy atom. The highest BCUT2D eigenvalue weighted by molar-refractivity contribution is 5.92. The van der Waals surface area contributed by atoms with Crippen LogP contribution in [-0.2, 0) is 0 Å². The fourth-order valence-corrected chi connectivity index (χ4v) is 2.90. The second kappa shape index (κ2) is 5.11. The van der Waals surface area contributed by atoms with Crippen LogP contribution >= 0.6 is 0 Å². The molecule has 3 heterocycles. The molecule has 106 valence electrons. The van der Waals surface area contributed by atoms with Crippen LogP contribution in [0, 0.1) is 13.8 Å². The summed E-state index contributed by atoms with van der Waals surface area (Å²) >= 11 is 0. The first-order valence-corrected chi connectivity index (χ1v) is 6.96. The first-order valence-electron chi connectivity index (χ1n) is 6.96. The highest BCUT2D eigenvalue weighted by Gasteiger charge is 2.27. The van der Waals surface area contributed by atoms with Crippen LogP contribution in [0.15, 0.2) is 18.3 Å². The van der Waals surface area contributed by atoms with Crippen LogP contribution in [0.4, 0.5) is 0 Å². The lowest BCUT2D eigenvalue weighted by molar-refractivity contribution is 0.0665. The molecular formula is C14H19N5O. The van der Waals surface area contributed by atoms with E-state index in [9.17, 15) is 4.79 Å². The number of aromatic nitrogens is 4. The van der Waals surface area contributed by atoms with Crippen LogP contribution in [0.5, 0.6) is 0 Å². The van der Waals surface area contributed by atoms with Gasteiger partial charge in [0.1, 0.15) is 5.69 Å². The Labute approximate surface area is 117 Å². The number of aromatic amines is 1. The van der Waals surface area contributed by atoms with Crippen LogP contribution in [0.1, 0.15) is 40.8 Å². The van der Waals surface area contributed by atoms with Crippen molar-refractivity contribution in [3.05, 3.63) is 35.4 Å². The molecule has 1 atom stereocenters. The Kier molecular flexibility index (Phi) is 3.30. The third kappa shape index (κ3) is 2.33. The number of nitrogens with one attached hydrogen (secondary N) is 1. The maximum absolute atomic E-state index is 12.4. The molecule has 1 amide bonds. The number of amides is 1. The second-order valence-electron chi connectivity index (χ2n) is 5.39. The van der Waals surface area contributed by atoms with Crippen molar-refractivity contribution in [1.82, 2.24) is 24.9 Å². The standard InChI is InChI=1S/C14H19N5O/c1-10-8-11(2)19(17-10)12-4-3-7-18(9-12)14(20)13-5-6-15-16-13/h5-6,8,12H,3-4,7,9H2,1-2H3,(H,15,16). The lowest BCUT2D eigenvalue weighted by Crippen LogP contribution is -2.41. The normalized spacial score (nSPS) is 19.3. The van der Waals surface area contributed by atoms with Crippen LogP contribution < -0.4 is 0 Å². The number of aryl methyl sites for hydroxylation is 2. The van der Waals surface area contributed by atoms with Crippen molar-refractivity contribution in [2.24, 2.45) is 0 Å². The van der Waals surface area contributed by atoms with Gasteiger partial charge in [-0.05, 0) is 38.8 Å². The minimum Gasteiger partial charge on any atom is -0.335 e. The van der Waals surface area contributed by atoms with E-state index in [1.807, 2.05) is 11.8 Å². The average molecular weight is 273 g/mol. The average Bonchev–Trinajstić information content (AvgIpc) is 3.08. The van der Waals surface area contributed by atoms with Crippen molar-refractivity contribution in [3.8, 4) is 0 Å². The predicted octanol–water partition coefficient (Wildman–Crippen LogP) is 1.70. The largest absolute Gasteiger partial charge is 0.335 e. The zero-order chi connectivity index (χ0) is 14.1. The lowest BCUT2D eigenvalue weighted by atomic mass is 10.1. The molecule has 1 saturated heterocycles. The molecule has 1 aliphatic heterocycles. The second-order valence-corrected chi connectivity index (χ2v) is 5.39. The van der Waals surface area contributed by atoms with Gasteiger partial charge in [0, 0.05) is 25.0 Å². The Balaban J connectivity index is 1.77. The number of nitrogens with zero attached hydrogens (tertiary/aromatic N) is 4. The van der Waals surface area contributed by atoms with E-state index in [4.69, 9.17) is 0 Å². The molecule has 1 aliphatic rings. The Bertz CT molecular complexity index is 601. The number of likely N-dealkylation sites (tertiary alicyclic amines) is 1. The molecule has 0 aliphatic carbocycles. The first kappa shape index (κ1) is 12.9. The molecule has 2 aromatic heterocycles. The zero-order valence-corrected chi connectivity index (χ0v) is 11.8. The van der Waals surface area contributed by atoms with Crippen LogP contribution in [0.3, 0.4) is 0 Å². The summed E-state index contributed by atoms with van der Waals surface area (Å²) in [4.78, 5) is 14.2. The summed E-state index contributed by atoms with van der Waals surface area (Å²) in [6.45, 7) is 5.57. The van der Waals surface area contributed by atoms with Gasteiger partial charge in [-0.25, -0.2) is 0 Å². The first-order chi connectivity index (χ1) is 9.65. The molecule has 0 bridgehead atoms. The number of hydrogen-bond donors (Lipinski definition) is 1. The van der Waals surface area contributed by atoms with E-state index in [0.717, 1.165) is 30.8 Å².